The van der Waals surface area contributed by atoms with E-state index in [1.807, 2.05) is 20.8 Å². The van der Waals surface area contributed by atoms with Gasteiger partial charge in [0, 0.05) is 12.8 Å². The van der Waals surface area contributed by atoms with E-state index in [1.165, 1.54) is 32.7 Å². The van der Waals surface area contributed by atoms with Gasteiger partial charge in [0.1, 0.15) is 11.1 Å². The number of ether oxygens (including phenoxy) is 1. The van der Waals surface area contributed by atoms with Crippen LogP contribution < -0.4 is 5.73 Å². The molecule has 0 spiro atoms. The number of nitrogens with two attached hydrogens (primary N) is 1. The van der Waals surface area contributed by atoms with Crippen LogP contribution in [0.3, 0.4) is 0 Å². The molecular formula is C28H27NO2. The molecule has 0 atom stereocenters. The third kappa shape index (κ3) is 3.39. The zero-order valence-electron chi connectivity index (χ0n) is 18.2. The maximum absolute atomic E-state index is 13.3. The third-order valence-electron chi connectivity index (χ3n) is 6.10. The number of hydrogen-bond acceptors (Lipinski definition) is 3. The molecule has 0 aromatic heterocycles. The Morgan fingerprint density at radius 1 is 0.774 bits per heavy atom. The predicted molar refractivity (Wildman–Crippen MR) is 127 cm³/mol. The van der Waals surface area contributed by atoms with Crippen LogP contribution in [0.5, 0.6) is 0 Å². The van der Waals surface area contributed by atoms with Gasteiger partial charge in [0.05, 0.1) is 0 Å². The van der Waals surface area contributed by atoms with E-state index in [0.29, 0.717) is 12.8 Å². The number of fused-ring (bicyclic) bond motifs is 7. The molecule has 4 aromatic rings. The summed E-state index contributed by atoms with van der Waals surface area (Å²) in [5, 5.41) is 4.74. The molecule has 1 aliphatic carbocycles. The molecule has 31 heavy (non-hydrogen) atoms. The van der Waals surface area contributed by atoms with Crippen molar-refractivity contribution in [3.05, 3.63) is 83.9 Å². The Balaban J connectivity index is 1.83. The van der Waals surface area contributed by atoms with Crippen molar-refractivity contribution in [3.63, 3.8) is 0 Å². The van der Waals surface area contributed by atoms with Crippen LogP contribution in [0.15, 0.2) is 72.8 Å². The van der Waals surface area contributed by atoms with E-state index in [4.69, 9.17) is 10.5 Å². The van der Waals surface area contributed by atoms with E-state index < -0.39 is 11.1 Å². The predicted octanol–water partition coefficient (Wildman–Crippen LogP) is 5.80. The Kier molecular flexibility index (Phi) is 4.42. The molecule has 0 saturated carbocycles. The van der Waals surface area contributed by atoms with Crippen LogP contribution >= 0.6 is 0 Å². The summed E-state index contributed by atoms with van der Waals surface area (Å²) in [5.74, 6) is -0.347. The van der Waals surface area contributed by atoms with E-state index in [1.54, 1.807) is 0 Å². The van der Waals surface area contributed by atoms with Gasteiger partial charge >= 0.3 is 5.97 Å². The van der Waals surface area contributed by atoms with Gasteiger partial charge in [-0.05, 0) is 64.6 Å². The molecule has 1 aliphatic rings. The fourth-order valence-electron chi connectivity index (χ4n) is 4.78. The number of hydrogen-bond donors (Lipinski definition) is 1. The fourth-order valence-corrected chi connectivity index (χ4v) is 4.78. The molecule has 0 bridgehead atoms. The normalized spacial score (nSPS) is 15.2. The van der Waals surface area contributed by atoms with Gasteiger partial charge in [0.2, 0.25) is 0 Å². The first kappa shape index (κ1) is 19.8. The summed E-state index contributed by atoms with van der Waals surface area (Å²) < 4.78 is 5.78. The molecule has 0 saturated heterocycles. The molecular weight excluding hydrogens is 382 g/mol. The maximum atomic E-state index is 13.3. The van der Waals surface area contributed by atoms with Gasteiger partial charge in [-0.25, -0.2) is 0 Å². The molecule has 0 heterocycles. The van der Waals surface area contributed by atoms with E-state index in [2.05, 4.69) is 72.8 Å². The zero-order chi connectivity index (χ0) is 21.8. The number of carbonyl (C=O) groups is 1. The van der Waals surface area contributed by atoms with Crippen molar-refractivity contribution in [2.45, 2.75) is 44.8 Å². The summed E-state index contributed by atoms with van der Waals surface area (Å²) in [6.45, 7) is 5.65. The summed E-state index contributed by atoms with van der Waals surface area (Å²) in [7, 11) is 0. The smallest absolute Gasteiger partial charge is 0.327 e. The monoisotopic (exact) mass is 409 g/mol. The number of esters is 1. The minimum Gasteiger partial charge on any atom is -0.459 e. The van der Waals surface area contributed by atoms with Crippen molar-refractivity contribution in [1.82, 2.24) is 0 Å². The minimum absolute atomic E-state index is 0.347. The summed E-state index contributed by atoms with van der Waals surface area (Å²) in [4.78, 5) is 13.3. The Labute approximate surface area is 182 Å². The van der Waals surface area contributed by atoms with Crippen molar-refractivity contribution in [2.24, 2.45) is 5.73 Å². The molecule has 0 aliphatic heterocycles. The highest BCUT2D eigenvalue weighted by Gasteiger charge is 2.41. The van der Waals surface area contributed by atoms with Crippen molar-refractivity contribution in [2.75, 3.05) is 0 Å². The molecule has 0 amide bonds. The van der Waals surface area contributed by atoms with Gasteiger partial charge in [-0.2, -0.15) is 0 Å². The highest BCUT2D eigenvalue weighted by atomic mass is 16.6. The van der Waals surface area contributed by atoms with Crippen LogP contribution in [-0.4, -0.2) is 17.1 Å². The lowest BCUT2D eigenvalue weighted by Crippen LogP contribution is -2.54. The van der Waals surface area contributed by atoms with E-state index in [-0.39, 0.29) is 5.97 Å². The highest BCUT2D eigenvalue weighted by Crippen LogP contribution is 2.43. The average Bonchev–Trinajstić information content (AvgIpc) is 2.86. The van der Waals surface area contributed by atoms with Crippen LogP contribution in [-0.2, 0) is 22.4 Å². The molecule has 0 unspecified atom stereocenters. The lowest BCUT2D eigenvalue weighted by atomic mass is 9.87. The molecule has 2 N–H and O–H groups in total. The zero-order valence-corrected chi connectivity index (χ0v) is 18.2. The summed E-state index contributed by atoms with van der Waals surface area (Å²) in [6.07, 6.45) is 0.871. The van der Waals surface area contributed by atoms with Gasteiger partial charge in [-0.1, -0.05) is 72.8 Å². The Morgan fingerprint density at radius 3 is 1.68 bits per heavy atom. The van der Waals surface area contributed by atoms with E-state index in [9.17, 15) is 4.79 Å². The standard InChI is InChI=1S/C28H27NO2/c1-27(2,3)31-26(30)28(29)16-20-14-12-18-8-4-6-10-22(18)24(20)25-21(17-28)15-13-19-9-5-7-11-23(19)25/h4-15H,16-17,29H2,1-3H3. The Bertz CT molecular complexity index is 1240. The lowest BCUT2D eigenvalue weighted by molar-refractivity contribution is -0.161. The molecule has 5 rings (SSSR count). The summed E-state index contributed by atoms with van der Waals surface area (Å²) >= 11 is 0. The number of carbonyl (C=O) groups excluding carboxylic acids is 1. The molecule has 156 valence electrons. The average molecular weight is 410 g/mol. The molecule has 0 radical (unpaired) electrons. The molecule has 3 heteroatoms. The molecule has 0 fully saturated rings. The van der Waals surface area contributed by atoms with Crippen molar-refractivity contribution >= 4 is 27.5 Å². The van der Waals surface area contributed by atoms with Gasteiger partial charge < -0.3 is 10.5 Å². The van der Waals surface area contributed by atoms with Crippen LogP contribution in [0, 0.1) is 0 Å². The first-order valence-electron chi connectivity index (χ1n) is 10.8. The van der Waals surface area contributed by atoms with Gasteiger partial charge in [-0.15, -0.1) is 0 Å². The van der Waals surface area contributed by atoms with Crippen LogP contribution in [0.25, 0.3) is 32.7 Å². The Hall–Kier alpha value is -3.17. The van der Waals surface area contributed by atoms with Crippen molar-refractivity contribution < 1.29 is 9.53 Å². The van der Waals surface area contributed by atoms with Crippen LogP contribution in [0.1, 0.15) is 31.9 Å². The first-order valence-corrected chi connectivity index (χ1v) is 10.8. The fraction of sp³-hybridized carbons (Fsp3) is 0.250. The molecule has 4 aromatic carbocycles. The van der Waals surface area contributed by atoms with Gasteiger partial charge in [0.15, 0.2) is 0 Å². The lowest BCUT2D eigenvalue weighted by Gasteiger charge is -2.31. The van der Waals surface area contributed by atoms with Crippen molar-refractivity contribution in [1.29, 1.82) is 0 Å². The van der Waals surface area contributed by atoms with Crippen LogP contribution in [0.2, 0.25) is 0 Å². The third-order valence-corrected chi connectivity index (χ3v) is 6.10. The number of rotatable bonds is 1. The topological polar surface area (TPSA) is 52.3 Å². The highest BCUT2D eigenvalue weighted by molar-refractivity contribution is 6.08. The Morgan fingerprint density at radius 2 is 1.23 bits per heavy atom. The van der Waals surface area contributed by atoms with Crippen molar-refractivity contribution in [3.8, 4) is 11.1 Å². The second-order valence-corrected chi connectivity index (χ2v) is 9.65. The van der Waals surface area contributed by atoms with E-state index >= 15 is 0 Å². The summed E-state index contributed by atoms with van der Waals surface area (Å²) in [6, 6.07) is 25.4. The first-order chi connectivity index (χ1) is 14.8. The largest absolute Gasteiger partial charge is 0.459 e. The quantitative estimate of drug-likeness (QED) is 0.404. The summed E-state index contributed by atoms with van der Waals surface area (Å²) in [5.41, 5.74) is 9.67. The number of benzene rings is 4. The SMILES string of the molecule is CC(C)(C)OC(=O)C1(N)Cc2ccc3ccccc3c2-c2c(ccc3ccccc23)C1. The van der Waals surface area contributed by atoms with Gasteiger partial charge in [-0.3, -0.25) is 4.79 Å². The maximum Gasteiger partial charge on any atom is 0.327 e. The second kappa shape index (κ2) is 6.93. The van der Waals surface area contributed by atoms with Crippen LogP contribution in [0.4, 0.5) is 0 Å². The minimum atomic E-state index is -1.13. The van der Waals surface area contributed by atoms with E-state index in [0.717, 1.165) is 11.1 Å². The molecule has 3 nitrogen and oxygen atoms in total. The second-order valence-electron chi connectivity index (χ2n) is 9.65. The van der Waals surface area contributed by atoms with Gasteiger partial charge in [0.25, 0.3) is 0 Å².